The zero-order valence-corrected chi connectivity index (χ0v) is 12.5. The van der Waals surface area contributed by atoms with E-state index in [1.165, 1.54) is 24.4 Å². The Hall–Kier alpha value is -2.03. The highest BCUT2D eigenvalue weighted by atomic mass is 35.5. The fourth-order valence-electron chi connectivity index (χ4n) is 1.91. The molecule has 118 valence electrons. The number of carbonyl (C=O) groups is 1. The Labute approximate surface area is 131 Å². The zero-order valence-electron chi connectivity index (χ0n) is 11.7. The van der Waals surface area contributed by atoms with Crippen molar-refractivity contribution in [1.82, 2.24) is 5.43 Å². The Morgan fingerprint density at radius 3 is 2.86 bits per heavy atom. The van der Waals surface area contributed by atoms with E-state index in [4.69, 9.17) is 21.1 Å². The molecule has 1 fully saturated rings. The molecule has 0 saturated carbocycles. The van der Waals surface area contributed by atoms with Crippen LogP contribution in [0.25, 0.3) is 0 Å². The predicted molar refractivity (Wildman–Crippen MR) is 78.8 cm³/mol. The number of ether oxygens (including phenoxy) is 2. The van der Waals surface area contributed by atoms with Gasteiger partial charge in [-0.1, -0.05) is 11.6 Å². The fraction of sp³-hybridized carbons (Fsp3) is 0.385. The van der Waals surface area contributed by atoms with E-state index >= 15 is 0 Å². The van der Waals surface area contributed by atoms with E-state index in [0.29, 0.717) is 18.8 Å². The lowest BCUT2D eigenvalue weighted by atomic mass is 10.2. The predicted octanol–water partition coefficient (Wildman–Crippen LogP) is 1.85. The van der Waals surface area contributed by atoms with Gasteiger partial charge in [-0.15, -0.1) is 0 Å². The van der Waals surface area contributed by atoms with E-state index in [0.717, 1.165) is 0 Å². The van der Waals surface area contributed by atoms with Crippen molar-refractivity contribution in [1.29, 1.82) is 0 Å². The maximum atomic E-state index is 11.7. The van der Waals surface area contributed by atoms with Crippen molar-refractivity contribution in [3.8, 4) is 0 Å². The molecule has 0 radical (unpaired) electrons. The number of amides is 1. The normalized spacial score (nSPS) is 16.8. The number of nitrogens with one attached hydrogen (secondary N) is 1. The second-order valence-corrected chi connectivity index (χ2v) is 5.17. The van der Waals surface area contributed by atoms with Gasteiger partial charge in [0, 0.05) is 22.7 Å². The first-order valence-electron chi connectivity index (χ1n) is 6.43. The summed E-state index contributed by atoms with van der Waals surface area (Å²) in [6.45, 7) is 2.55. The summed E-state index contributed by atoms with van der Waals surface area (Å²) in [5.74, 6) is -1.34. The van der Waals surface area contributed by atoms with Crippen LogP contribution in [0.4, 0.5) is 5.69 Å². The molecule has 22 heavy (non-hydrogen) atoms. The lowest BCUT2D eigenvalue weighted by Crippen LogP contribution is -2.33. The minimum atomic E-state index is -0.942. The third kappa shape index (κ3) is 4.23. The molecule has 1 aromatic carbocycles. The minimum absolute atomic E-state index is 0.00693. The minimum Gasteiger partial charge on any atom is -0.347 e. The standard InChI is InChI=1S/C13H14ClN3O5/c1-13(21-4-5-22-13)7-12(18)16-15-8-9-6-10(17(19)20)2-3-11(9)14/h2-3,6,8H,4-5,7H2,1H3,(H,16,18)/b15-8+. The van der Waals surface area contributed by atoms with Gasteiger partial charge in [0.1, 0.15) is 0 Å². The molecule has 0 bridgehead atoms. The lowest BCUT2D eigenvalue weighted by molar-refractivity contribution is -0.384. The number of nitro groups is 1. The summed E-state index contributed by atoms with van der Waals surface area (Å²) in [7, 11) is 0. The third-order valence-electron chi connectivity index (χ3n) is 2.96. The van der Waals surface area contributed by atoms with Gasteiger partial charge >= 0.3 is 0 Å². The number of benzene rings is 1. The maximum absolute atomic E-state index is 11.7. The van der Waals surface area contributed by atoms with E-state index in [9.17, 15) is 14.9 Å². The number of halogens is 1. The summed E-state index contributed by atoms with van der Waals surface area (Å²) in [5.41, 5.74) is 2.52. The first kappa shape index (κ1) is 16.3. The molecule has 0 spiro atoms. The first-order valence-corrected chi connectivity index (χ1v) is 6.81. The van der Waals surface area contributed by atoms with Crippen molar-refractivity contribution >= 4 is 29.4 Å². The summed E-state index contributed by atoms with van der Waals surface area (Å²) >= 11 is 5.91. The Balaban J connectivity index is 1.96. The topological polar surface area (TPSA) is 103 Å². The molecule has 2 rings (SSSR count). The van der Waals surface area contributed by atoms with Gasteiger partial charge in [0.15, 0.2) is 5.79 Å². The molecular weight excluding hydrogens is 314 g/mol. The van der Waals surface area contributed by atoms with Crippen LogP contribution < -0.4 is 5.43 Å². The molecular formula is C13H14ClN3O5. The quantitative estimate of drug-likeness (QED) is 0.505. The van der Waals surface area contributed by atoms with Gasteiger partial charge in [0.05, 0.1) is 30.8 Å². The van der Waals surface area contributed by atoms with Gasteiger partial charge in [-0.25, -0.2) is 5.43 Å². The maximum Gasteiger partial charge on any atom is 0.270 e. The number of nitro benzene ring substituents is 1. The molecule has 1 amide bonds. The zero-order chi connectivity index (χ0) is 16.2. The number of rotatable bonds is 5. The van der Waals surface area contributed by atoms with Gasteiger partial charge < -0.3 is 9.47 Å². The Morgan fingerprint density at radius 1 is 1.55 bits per heavy atom. The SMILES string of the molecule is CC1(CC(=O)N/N=C/c2cc([N+](=O)[O-])ccc2Cl)OCCO1. The van der Waals surface area contributed by atoms with Crippen LogP contribution in [0.2, 0.25) is 5.02 Å². The molecule has 1 aliphatic rings. The molecule has 0 unspecified atom stereocenters. The van der Waals surface area contributed by atoms with Crippen molar-refractivity contribution in [2.24, 2.45) is 5.10 Å². The molecule has 1 heterocycles. The second kappa shape index (κ2) is 6.82. The van der Waals surface area contributed by atoms with Crippen LogP contribution >= 0.6 is 11.6 Å². The molecule has 1 aromatic rings. The largest absolute Gasteiger partial charge is 0.347 e. The van der Waals surface area contributed by atoms with Gasteiger partial charge in [0.2, 0.25) is 5.91 Å². The number of non-ortho nitro benzene ring substituents is 1. The molecule has 9 heteroatoms. The molecule has 0 aromatic heterocycles. The number of hydrogen-bond acceptors (Lipinski definition) is 6. The van der Waals surface area contributed by atoms with Gasteiger partial charge in [0.25, 0.3) is 5.69 Å². The van der Waals surface area contributed by atoms with E-state index in [1.807, 2.05) is 0 Å². The van der Waals surface area contributed by atoms with Crippen molar-refractivity contribution < 1.29 is 19.2 Å². The van der Waals surface area contributed by atoms with Crippen LogP contribution in [0.5, 0.6) is 0 Å². The molecule has 1 N–H and O–H groups in total. The summed E-state index contributed by atoms with van der Waals surface area (Å²) in [6, 6.07) is 3.94. The average Bonchev–Trinajstić information content (AvgIpc) is 2.86. The van der Waals surface area contributed by atoms with Gasteiger partial charge in [-0.05, 0) is 13.0 Å². The van der Waals surface area contributed by atoms with E-state index in [-0.39, 0.29) is 17.1 Å². The summed E-state index contributed by atoms with van der Waals surface area (Å²) in [6.07, 6.45) is 1.24. The fourth-order valence-corrected chi connectivity index (χ4v) is 2.07. The number of hydrazone groups is 1. The average molecular weight is 328 g/mol. The highest BCUT2D eigenvalue weighted by Crippen LogP contribution is 2.22. The summed E-state index contributed by atoms with van der Waals surface area (Å²) in [4.78, 5) is 21.9. The number of hydrogen-bond donors (Lipinski definition) is 1. The highest BCUT2D eigenvalue weighted by molar-refractivity contribution is 6.33. The van der Waals surface area contributed by atoms with E-state index in [1.54, 1.807) is 6.92 Å². The Bertz CT molecular complexity index is 614. The van der Waals surface area contributed by atoms with Crippen LogP contribution in [0.3, 0.4) is 0 Å². The molecule has 0 atom stereocenters. The van der Waals surface area contributed by atoms with Crippen molar-refractivity contribution in [2.45, 2.75) is 19.1 Å². The van der Waals surface area contributed by atoms with Crippen molar-refractivity contribution in [2.75, 3.05) is 13.2 Å². The monoisotopic (exact) mass is 327 g/mol. The van der Waals surface area contributed by atoms with Crippen molar-refractivity contribution in [3.63, 3.8) is 0 Å². The smallest absolute Gasteiger partial charge is 0.270 e. The van der Waals surface area contributed by atoms with E-state index < -0.39 is 16.6 Å². The number of nitrogens with zero attached hydrogens (tertiary/aromatic N) is 2. The lowest BCUT2D eigenvalue weighted by Gasteiger charge is -2.20. The van der Waals surface area contributed by atoms with Crippen LogP contribution in [0.15, 0.2) is 23.3 Å². The second-order valence-electron chi connectivity index (χ2n) is 4.76. The van der Waals surface area contributed by atoms with Crippen molar-refractivity contribution in [3.05, 3.63) is 38.9 Å². The number of carbonyl (C=O) groups excluding carboxylic acids is 1. The summed E-state index contributed by atoms with van der Waals surface area (Å²) < 4.78 is 10.6. The summed E-state index contributed by atoms with van der Waals surface area (Å²) in [5, 5.41) is 14.7. The molecule has 1 saturated heterocycles. The van der Waals surface area contributed by atoms with Gasteiger partial charge in [-0.2, -0.15) is 5.10 Å². The van der Waals surface area contributed by atoms with Crippen LogP contribution in [0, 0.1) is 10.1 Å². The van der Waals surface area contributed by atoms with Crippen LogP contribution in [-0.2, 0) is 14.3 Å². The molecule has 0 aliphatic carbocycles. The van der Waals surface area contributed by atoms with E-state index in [2.05, 4.69) is 10.5 Å². The Morgan fingerprint density at radius 2 is 2.23 bits per heavy atom. The molecule has 8 nitrogen and oxygen atoms in total. The van der Waals surface area contributed by atoms with Gasteiger partial charge in [-0.3, -0.25) is 14.9 Å². The van der Waals surface area contributed by atoms with Crippen LogP contribution in [0.1, 0.15) is 18.9 Å². The molecule has 1 aliphatic heterocycles. The first-order chi connectivity index (χ1) is 10.4. The highest BCUT2D eigenvalue weighted by Gasteiger charge is 2.33. The Kier molecular flexibility index (Phi) is 5.07. The van der Waals surface area contributed by atoms with Crippen LogP contribution in [-0.4, -0.2) is 36.0 Å². The third-order valence-corrected chi connectivity index (χ3v) is 3.31.